The summed E-state index contributed by atoms with van der Waals surface area (Å²) in [4.78, 5) is 7.65. The van der Waals surface area contributed by atoms with E-state index in [-0.39, 0.29) is 5.60 Å². The van der Waals surface area contributed by atoms with Crippen molar-refractivity contribution in [3.05, 3.63) is 0 Å². The molecule has 3 heteroatoms. The number of nitrogens with zero attached hydrogens (tertiary/aromatic N) is 2. The Morgan fingerprint density at radius 1 is 1.46 bits per heavy atom. The summed E-state index contributed by atoms with van der Waals surface area (Å²) in [5, 5.41) is 4.20. The molecule has 1 atom stereocenters. The largest absolute Gasteiger partial charge is 0.390 e. The fourth-order valence-electron chi connectivity index (χ4n) is 1.38. The van der Waals surface area contributed by atoms with Crippen LogP contribution >= 0.6 is 0 Å². The van der Waals surface area contributed by atoms with Crippen molar-refractivity contribution in [2.45, 2.75) is 33.3 Å². The zero-order valence-corrected chi connectivity index (χ0v) is 9.29. The topological polar surface area (TPSA) is 24.8 Å². The van der Waals surface area contributed by atoms with Gasteiger partial charge in [0.25, 0.3) is 0 Å². The molecule has 1 aliphatic rings. The molecule has 0 spiro atoms. The Kier molecular flexibility index (Phi) is 2.96. The van der Waals surface area contributed by atoms with Gasteiger partial charge in [-0.25, -0.2) is 0 Å². The maximum atomic E-state index is 5.39. The molecule has 1 fully saturated rings. The molecule has 76 valence electrons. The molecule has 0 aromatic carbocycles. The lowest BCUT2D eigenvalue weighted by Gasteiger charge is -2.16. The summed E-state index contributed by atoms with van der Waals surface area (Å²) in [6.07, 6.45) is 0. The highest BCUT2D eigenvalue weighted by atomic mass is 16.6. The molecule has 1 heterocycles. The van der Waals surface area contributed by atoms with Gasteiger partial charge in [-0.3, -0.25) is 0 Å². The summed E-state index contributed by atoms with van der Waals surface area (Å²) in [5.74, 6) is 0.535. The van der Waals surface area contributed by atoms with E-state index in [0.29, 0.717) is 5.92 Å². The standard InChI is InChI=1S/C10H20N2O/c1-8-6-12(5)7-9(8)11-13-10(2,3)4/h8H,6-7H2,1-5H3/b11-9-. The first kappa shape index (κ1) is 10.5. The molecule has 0 aromatic heterocycles. The monoisotopic (exact) mass is 184 g/mol. The predicted octanol–water partition coefficient (Wildman–Crippen LogP) is 1.74. The van der Waals surface area contributed by atoms with E-state index in [4.69, 9.17) is 4.84 Å². The van der Waals surface area contributed by atoms with Gasteiger partial charge in [0.2, 0.25) is 0 Å². The van der Waals surface area contributed by atoms with Crippen LogP contribution in [-0.2, 0) is 4.84 Å². The molecule has 0 radical (unpaired) electrons. The molecule has 0 aliphatic carbocycles. The van der Waals surface area contributed by atoms with Gasteiger partial charge in [-0.1, -0.05) is 12.1 Å². The van der Waals surface area contributed by atoms with Gasteiger partial charge in [-0.15, -0.1) is 0 Å². The molecule has 1 unspecified atom stereocenters. The van der Waals surface area contributed by atoms with Gasteiger partial charge in [0.05, 0.1) is 5.71 Å². The Morgan fingerprint density at radius 3 is 2.46 bits per heavy atom. The van der Waals surface area contributed by atoms with Crippen LogP contribution < -0.4 is 0 Å². The van der Waals surface area contributed by atoms with Crippen LogP contribution in [0.3, 0.4) is 0 Å². The van der Waals surface area contributed by atoms with E-state index in [0.717, 1.165) is 18.8 Å². The van der Waals surface area contributed by atoms with Crippen LogP contribution in [-0.4, -0.2) is 36.3 Å². The van der Waals surface area contributed by atoms with Gasteiger partial charge in [0, 0.05) is 19.0 Å². The van der Waals surface area contributed by atoms with Crippen molar-refractivity contribution in [1.29, 1.82) is 0 Å². The van der Waals surface area contributed by atoms with E-state index in [1.165, 1.54) is 0 Å². The molecule has 0 saturated carbocycles. The lowest BCUT2D eigenvalue weighted by Crippen LogP contribution is -2.19. The van der Waals surface area contributed by atoms with E-state index in [9.17, 15) is 0 Å². The Labute approximate surface area is 80.7 Å². The van der Waals surface area contributed by atoms with E-state index < -0.39 is 0 Å². The number of hydrogen-bond donors (Lipinski definition) is 0. The third-order valence-corrected chi connectivity index (χ3v) is 2.02. The third-order valence-electron chi connectivity index (χ3n) is 2.02. The molecule has 1 saturated heterocycles. The SMILES string of the molecule is CC1CN(C)C/C1=N/OC(C)(C)C. The molecular weight excluding hydrogens is 164 g/mol. The Hall–Kier alpha value is -0.570. The molecular formula is C10H20N2O. The minimum absolute atomic E-state index is 0.173. The second kappa shape index (κ2) is 3.66. The second-order valence-electron chi connectivity index (χ2n) is 4.88. The van der Waals surface area contributed by atoms with E-state index in [2.05, 4.69) is 24.0 Å². The fourth-order valence-corrected chi connectivity index (χ4v) is 1.38. The fraction of sp³-hybridized carbons (Fsp3) is 0.900. The molecule has 1 rings (SSSR count). The quantitative estimate of drug-likeness (QED) is 0.580. The molecule has 0 bridgehead atoms. The summed E-state index contributed by atoms with van der Waals surface area (Å²) < 4.78 is 0. The number of likely N-dealkylation sites (tertiary alicyclic amines) is 1. The van der Waals surface area contributed by atoms with E-state index >= 15 is 0 Å². The lowest BCUT2D eigenvalue weighted by molar-refractivity contribution is 0.000157. The van der Waals surface area contributed by atoms with Crippen LogP contribution in [0.5, 0.6) is 0 Å². The smallest absolute Gasteiger partial charge is 0.129 e. The second-order valence-corrected chi connectivity index (χ2v) is 4.88. The summed E-state index contributed by atoms with van der Waals surface area (Å²) >= 11 is 0. The number of rotatable bonds is 1. The van der Waals surface area contributed by atoms with Crippen LogP contribution in [0.25, 0.3) is 0 Å². The minimum atomic E-state index is -0.173. The predicted molar refractivity (Wildman–Crippen MR) is 54.9 cm³/mol. The molecule has 0 aromatic rings. The maximum absolute atomic E-state index is 5.39. The summed E-state index contributed by atoms with van der Waals surface area (Å²) in [6, 6.07) is 0. The average molecular weight is 184 g/mol. The first-order chi connectivity index (χ1) is 5.88. The summed E-state index contributed by atoms with van der Waals surface area (Å²) in [5.41, 5.74) is 0.992. The van der Waals surface area contributed by atoms with Crippen LogP contribution in [0.4, 0.5) is 0 Å². The van der Waals surface area contributed by atoms with Crippen molar-refractivity contribution in [2.24, 2.45) is 11.1 Å². The third kappa shape index (κ3) is 3.35. The van der Waals surface area contributed by atoms with Gasteiger partial charge in [0.1, 0.15) is 5.60 Å². The zero-order valence-electron chi connectivity index (χ0n) is 9.29. The first-order valence-electron chi connectivity index (χ1n) is 4.82. The zero-order chi connectivity index (χ0) is 10.1. The van der Waals surface area contributed by atoms with Crippen molar-refractivity contribution in [2.75, 3.05) is 20.1 Å². The van der Waals surface area contributed by atoms with Crippen LogP contribution in [0.2, 0.25) is 0 Å². The van der Waals surface area contributed by atoms with E-state index in [1.807, 2.05) is 20.8 Å². The van der Waals surface area contributed by atoms with Gasteiger partial charge in [-0.05, 0) is 27.8 Å². The van der Waals surface area contributed by atoms with Crippen molar-refractivity contribution in [1.82, 2.24) is 4.90 Å². The van der Waals surface area contributed by atoms with Crippen LogP contribution in [0, 0.1) is 5.92 Å². The molecule has 0 N–H and O–H groups in total. The van der Waals surface area contributed by atoms with Gasteiger partial charge < -0.3 is 9.74 Å². The van der Waals surface area contributed by atoms with Crippen molar-refractivity contribution in [3.63, 3.8) is 0 Å². The Balaban J connectivity index is 2.52. The molecule has 1 aliphatic heterocycles. The summed E-state index contributed by atoms with van der Waals surface area (Å²) in [6.45, 7) is 10.3. The first-order valence-corrected chi connectivity index (χ1v) is 4.82. The average Bonchev–Trinajstić information content (AvgIpc) is 2.24. The number of hydrogen-bond acceptors (Lipinski definition) is 3. The molecule has 13 heavy (non-hydrogen) atoms. The highest BCUT2D eigenvalue weighted by molar-refractivity contribution is 5.89. The Bertz CT molecular complexity index is 205. The highest BCUT2D eigenvalue weighted by Crippen LogP contribution is 2.14. The van der Waals surface area contributed by atoms with Crippen LogP contribution in [0.1, 0.15) is 27.7 Å². The van der Waals surface area contributed by atoms with Gasteiger partial charge in [0.15, 0.2) is 0 Å². The van der Waals surface area contributed by atoms with Gasteiger partial charge in [-0.2, -0.15) is 0 Å². The highest BCUT2D eigenvalue weighted by Gasteiger charge is 2.23. The van der Waals surface area contributed by atoms with Crippen molar-refractivity contribution in [3.8, 4) is 0 Å². The Morgan fingerprint density at radius 2 is 2.08 bits per heavy atom. The lowest BCUT2D eigenvalue weighted by atomic mass is 10.1. The van der Waals surface area contributed by atoms with Crippen LogP contribution in [0.15, 0.2) is 5.16 Å². The maximum Gasteiger partial charge on any atom is 0.129 e. The van der Waals surface area contributed by atoms with Crippen molar-refractivity contribution >= 4 is 5.71 Å². The normalized spacial score (nSPS) is 28.4. The van der Waals surface area contributed by atoms with E-state index in [1.54, 1.807) is 0 Å². The van der Waals surface area contributed by atoms with Gasteiger partial charge >= 0.3 is 0 Å². The molecule has 3 nitrogen and oxygen atoms in total. The molecule has 0 amide bonds. The summed E-state index contributed by atoms with van der Waals surface area (Å²) in [7, 11) is 2.11. The number of oxime groups is 1. The minimum Gasteiger partial charge on any atom is -0.390 e. The van der Waals surface area contributed by atoms with Crippen molar-refractivity contribution < 1.29 is 4.84 Å².